The van der Waals surface area contributed by atoms with E-state index >= 15 is 0 Å². The van der Waals surface area contributed by atoms with Gasteiger partial charge in [-0.3, -0.25) is 0 Å². The first-order chi connectivity index (χ1) is 27.3. The largest absolute Gasteiger partial charge is 0.310 e. The van der Waals surface area contributed by atoms with E-state index in [1.165, 1.54) is 76.8 Å². The Morgan fingerprint density at radius 2 is 0.782 bits per heavy atom. The van der Waals surface area contributed by atoms with Gasteiger partial charge in [-0.05, 0) is 114 Å². The van der Waals surface area contributed by atoms with Crippen LogP contribution in [0.2, 0.25) is 0 Å². The van der Waals surface area contributed by atoms with Gasteiger partial charge in [0.05, 0.1) is 5.69 Å². The zero-order chi connectivity index (χ0) is 36.6. The number of hydrogen-bond donors (Lipinski definition) is 0. The molecule has 0 fully saturated rings. The van der Waals surface area contributed by atoms with E-state index in [1.807, 2.05) is 0 Å². The number of fused-ring (bicyclic) bond motifs is 4. The zero-order valence-electron chi connectivity index (χ0n) is 30.3. The molecular weight excluding hydrogens is 663 g/mol. The second-order valence-corrected chi connectivity index (χ2v) is 14.1. The van der Waals surface area contributed by atoms with Crippen LogP contribution >= 0.6 is 0 Å². The van der Waals surface area contributed by atoms with Gasteiger partial charge in [-0.1, -0.05) is 182 Å². The monoisotopic (exact) mass is 699 g/mol. The van der Waals surface area contributed by atoms with Crippen LogP contribution < -0.4 is 4.90 Å². The molecule has 0 saturated carbocycles. The molecule has 0 spiro atoms. The highest BCUT2D eigenvalue weighted by atomic mass is 15.1. The number of nitrogens with zero attached hydrogens (tertiary/aromatic N) is 1. The smallest absolute Gasteiger partial charge is 0.0540 e. The lowest BCUT2D eigenvalue weighted by Gasteiger charge is -2.29. The summed E-state index contributed by atoms with van der Waals surface area (Å²) in [5, 5.41) is 7.49. The summed E-state index contributed by atoms with van der Waals surface area (Å²) in [6.45, 7) is 0. The second kappa shape index (κ2) is 14.0. The van der Waals surface area contributed by atoms with Crippen LogP contribution in [0.4, 0.5) is 17.1 Å². The topological polar surface area (TPSA) is 3.24 Å². The molecule has 10 rings (SSSR count). The van der Waals surface area contributed by atoms with E-state index in [0.29, 0.717) is 0 Å². The first-order valence-electron chi connectivity index (χ1n) is 18.9. The molecule has 10 aromatic carbocycles. The fraction of sp³-hybridized carbons (Fsp3) is 0. The van der Waals surface area contributed by atoms with Gasteiger partial charge in [-0.2, -0.15) is 0 Å². The van der Waals surface area contributed by atoms with Gasteiger partial charge in [0, 0.05) is 16.9 Å². The van der Waals surface area contributed by atoms with E-state index in [-0.39, 0.29) is 0 Å². The van der Waals surface area contributed by atoms with Gasteiger partial charge in [-0.25, -0.2) is 0 Å². The van der Waals surface area contributed by atoms with Gasteiger partial charge < -0.3 is 4.90 Å². The van der Waals surface area contributed by atoms with Crippen molar-refractivity contribution in [3.05, 3.63) is 224 Å². The maximum atomic E-state index is 2.43. The Balaban J connectivity index is 1.16. The van der Waals surface area contributed by atoms with E-state index in [2.05, 4.69) is 229 Å². The molecule has 0 radical (unpaired) electrons. The van der Waals surface area contributed by atoms with E-state index in [0.717, 1.165) is 17.1 Å². The first kappa shape index (κ1) is 32.4. The van der Waals surface area contributed by atoms with E-state index in [1.54, 1.807) is 0 Å². The second-order valence-electron chi connectivity index (χ2n) is 14.1. The van der Waals surface area contributed by atoms with Gasteiger partial charge in [0.2, 0.25) is 0 Å². The molecular formula is C54H37N. The van der Waals surface area contributed by atoms with Crippen molar-refractivity contribution >= 4 is 49.4 Å². The minimum absolute atomic E-state index is 1.09. The maximum Gasteiger partial charge on any atom is 0.0540 e. The third-order valence-corrected chi connectivity index (χ3v) is 10.8. The third kappa shape index (κ3) is 6.02. The van der Waals surface area contributed by atoms with Crippen LogP contribution in [0.15, 0.2) is 224 Å². The molecule has 0 aromatic heterocycles. The molecule has 0 amide bonds. The van der Waals surface area contributed by atoms with Gasteiger partial charge >= 0.3 is 0 Å². The minimum atomic E-state index is 1.09. The molecule has 0 aliphatic heterocycles. The normalized spacial score (nSPS) is 11.3. The zero-order valence-corrected chi connectivity index (χ0v) is 30.3. The van der Waals surface area contributed by atoms with E-state index < -0.39 is 0 Å². The van der Waals surface area contributed by atoms with Crippen LogP contribution in [0.3, 0.4) is 0 Å². The summed E-state index contributed by atoms with van der Waals surface area (Å²) >= 11 is 0. The Bertz CT molecular complexity index is 2970. The summed E-state index contributed by atoms with van der Waals surface area (Å²) in [4.78, 5) is 2.43. The minimum Gasteiger partial charge on any atom is -0.310 e. The van der Waals surface area contributed by atoms with E-state index in [9.17, 15) is 0 Å². The Morgan fingerprint density at radius 3 is 1.60 bits per heavy atom. The molecule has 0 heterocycles. The Labute approximate surface area is 322 Å². The number of anilines is 3. The number of rotatable bonds is 7. The summed E-state index contributed by atoms with van der Waals surface area (Å²) in [6.07, 6.45) is 0. The predicted octanol–water partition coefficient (Wildman–Crippen LogP) is 15.3. The molecule has 55 heavy (non-hydrogen) atoms. The summed E-state index contributed by atoms with van der Waals surface area (Å²) in [5.74, 6) is 0. The number of benzene rings is 10. The van der Waals surface area contributed by atoms with Crippen molar-refractivity contribution in [3.8, 4) is 44.5 Å². The average Bonchev–Trinajstić information content (AvgIpc) is 3.27. The molecule has 1 heteroatoms. The van der Waals surface area contributed by atoms with E-state index in [4.69, 9.17) is 0 Å². The number of hydrogen-bond acceptors (Lipinski definition) is 1. The Hall–Kier alpha value is -7.22. The van der Waals surface area contributed by atoms with Crippen LogP contribution in [0.1, 0.15) is 0 Å². The summed E-state index contributed by atoms with van der Waals surface area (Å²) in [7, 11) is 0. The van der Waals surface area contributed by atoms with Crippen molar-refractivity contribution in [1.29, 1.82) is 0 Å². The third-order valence-electron chi connectivity index (χ3n) is 10.8. The fourth-order valence-electron chi connectivity index (χ4n) is 8.20. The van der Waals surface area contributed by atoms with Crippen molar-refractivity contribution < 1.29 is 0 Å². The molecule has 0 N–H and O–H groups in total. The SMILES string of the molecule is c1ccc(-c2cccc(-c3ccc(N(c4cccc(-c5cccc6ccccc56)c4)c4ccccc4-c4cc5ccccc5c5ccccc45)cc3)c2)cc1. The van der Waals surface area contributed by atoms with Gasteiger partial charge in [0.15, 0.2) is 0 Å². The lowest BCUT2D eigenvalue weighted by atomic mass is 9.92. The molecule has 0 aliphatic rings. The quantitative estimate of drug-likeness (QED) is 0.150. The highest BCUT2D eigenvalue weighted by Gasteiger charge is 2.20. The van der Waals surface area contributed by atoms with Crippen molar-refractivity contribution in [2.45, 2.75) is 0 Å². The highest BCUT2D eigenvalue weighted by molar-refractivity contribution is 6.15. The van der Waals surface area contributed by atoms with Crippen molar-refractivity contribution in [1.82, 2.24) is 0 Å². The predicted molar refractivity (Wildman–Crippen MR) is 235 cm³/mol. The first-order valence-corrected chi connectivity index (χ1v) is 18.9. The van der Waals surface area contributed by atoms with Crippen LogP contribution in [-0.4, -0.2) is 0 Å². The lowest BCUT2D eigenvalue weighted by molar-refractivity contribution is 1.28. The summed E-state index contributed by atoms with van der Waals surface area (Å²) in [5.41, 5.74) is 12.9. The van der Waals surface area contributed by atoms with Gasteiger partial charge in [0.1, 0.15) is 0 Å². The van der Waals surface area contributed by atoms with Gasteiger partial charge in [-0.15, -0.1) is 0 Å². The molecule has 0 bridgehead atoms. The van der Waals surface area contributed by atoms with Crippen LogP contribution in [-0.2, 0) is 0 Å². The molecule has 0 saturated heterocycles. The fourth-order valence-corrected chi connectivity index (χ4v) is 8.20. The van der Waals surface area contributed by atoms with Crippen molar-refractivity contribution in [2.75, 3.05) is 4.90 Å². The van der Waals surface area contributed by atoms with Crippen molar-refractivity contribution in [2.24, 2.45) is 0 Å². The highest BCUT2D eigenvalue weighted by Crippen LogP contribution is 2.45. The molecule has 1 nitrogen and oxygen atoms in total. The standard InChI is InChI=1S/C54H37N/c1-2-15-38(16-3-1)41-20-12-21-42(35-41)39-31-33-45(34-32-39)55(46-23-13-22-43(36-46)48-29-14-19-40-17-4-6-24-47(40)48)54-30-11-10-28-52(54)53-37-44-18-5-7-25-49(44)50-26-8-9-27-51(50)53/h1-37H. The average molecular weight is 700 g/mol. The van der Waals surface area contributed by atoms with Crippen molar-refractivity contribution in [3.63, 3.8) is 0 Å². The summed E-state index contributed by atoms with van der Waals surface area (Å²) < 4.78 is 0. The van der Waals surface area contributed by atoms with Crippen LogP contribution in [0, 0.1) is 0 Å². The molecule has 0 unspecified atom stereocenters. The lowest BCUT2D eigenvalue weighted by Crippen LogP contribution is -2.11. The number of para-hydroxylation sites is 1. The maximum absolute atomic E-state index is 2.43. The molecule has 258 valence electrons. The van der Waals surface area contributed by atoms with Gasteiger partial charge in [0.25, 0.3) is 0 Å². The molecule has 0 atom stereocenters. The van der Waals surface area contributed by atoms with Crippen LogP contribution in [0.25, 0.3) is 76.8 Å². The van der Waals surface area contributed by atoms with Crippen LogP contribution in [0.5, 0.6) is 0 Å². The summed E-state index contributed by atoms with van der Waals surface area (Å²) in [6, 6.07) is 81.5. The Kier molecular flexibility index (Phi) is 8.24. The Morgan fingerprint density at radius 1 is 0.236 bits per heavy atom. The molecule has 10 aromatic rings. The molecule has 0 aliphatic carbocycles.